The Labute approximate surface area is 546 Å². The number of likely N-dealkylation sites (N-methyl/N-ethyl adjacent to an activating group) is 1. The van der Waals surface area contributed by atoms with Crippen molar-refractivity contribution in [1.82, 2.24) is 58.5 Å². The predicted octanol–water partition coefficient (Wildman–Crippen LogP) is -0.904. The summed E-state index contributed by atoms with van der Waals surface area (Å²) in [5, 5.41) is 40.2. The lowest BCUT2D eigenvalue weighted by Crippen LogP contribution is -2.63. The van der Waals surface area contributed by atoms with E-state index in [0.29, 0.717) is 38.5 Å². The van der Waals surface area contributed by atoms with Crippen molar-refractivity contribution in [3.05, 3.63) is 35.9 Å². The van der Waals surface area contributed by atoms with E-state index in [9.17, 15) is 62.6 Å². The van der Waals surface area contributed by atoms with Crippen molar-refractivity contribution in [2.24, 2.45) is 51.8 Å². The van der Waals surface area contributed by atoms with Gasteiger partial charge in [0.2, 0.25) is 65.0 Å². The number of aliphatic imine (C=N–C) groups is 1. The van der Waals surface area contributed by atoms with Gasteiger partial charge in [0.15, 0.2) is 5.96 Å². The molecule has 1 aromatic carbocycles. The molecule has 16 atom stereocenters. The van der Waals surface area contributed by atoms with Crippen LogP contribution in [-0.2, 0) is 68.7 Å². The molecule has 522 valence electrons. The normalized spacial score (nSPS) is 21.7. The zero-order valence-corrected chi connectivity index (χ0v) is 56.2. The highest BCUT2D eigenvalue weighted by Gasteiger charge is 2.42. The lowest BCUT2D eigenvalue weighted by Gasteiger charge is -2.32. The minimum atomic E-state index is -1.80. The highest BCUT2D eigenvalue weighted by molar-refractivity contribution is 5.99. The Kier molecular flexibility index (Phi) is 34.3. The van der Waals surface area contributed by atoms with Gasteiger partial charge < -0.3 is 85.5 Å². The number of cyclic esters (lactones) is 1. The van der Waals surface area contributed by atoms with Crippen molar-refractivity contribution in [2.45, 2.75) is 238 Å². The zero-order chi connectivity index (χ0) is 69.6. The third kappa shape index (κ3) is 25.5. The molecule has 1 aliphatic heterocycles. The number of nitrogens with two attached hydrogens (primary N) is 3. The smallest absolute Gasteiger partial charge is 0.329 e. The number of nitrogens with zero attached hydrogens (tertiary/aromatic N) is 1. The van der Waals surface area contributed by atoms with E-state index in [1.165, 1.54) is 13.8 Å². The number of carbonyl (C=O) groups excluding carboxylic acids is 12. The Morgan fingerprint density at radius 1 is 0.602 bits per heavy atom. The van der Waals surface area contributed by atoms with Crippen molar-refractivity contribution in [2.75, 3.05) is 20.2 Å². The molecule has 1 heterocycles. The molecule has 3 rings (SSSR count). The summed E-state index contributed by atoms with van der Waals surface area (Å²) in [6, 6.07) is -5.06. The van der Waals surface area contributed by atoms with Crippen LogP contribution in [0, 0.1) is 29.6 Å². The first-order valence-corrected chi connectivity index (χ1v) is 33.0. The van der Waals surface area contributed by atoms with Crippen LogP contribution in [0.3, 0.4) is 0 Å². The molecule has 11 amide bonds. The van der Waals surface area contributed by atoms with Crippen LogP contribution >= 0.6 is 0 Å². The summed E-state index contributed by atoms with van der Waals surface area (Å²) in [6.07, 6.45) is 4.16. The van der Waals surface area contributed by atoms with Gasteiger partial charge in [-0.25, -0.2) is 4.79 Å². The van der Waals surface area contributed by atoms with Crippen LogP contribution in [0.5, 0.6) is 0 Å². The number of carbonyl (C=O) groups is 12. The SMILES string of the molecule is CC[C@@H](C)[C@@H](NC(=O)[C@@H](CCC(N)=O)NC(=O)[C@H](CCCN=C(N)N)NC(=O)[C@@H](NC(=O)[C@@H](CCc1ccccc1)NC)[C@@H](C)CC)C(=O)N[C@H](C(=O)N[C@@H](CO)C(=O)N[C@H]1C(=O)N[C@@H](C)C(=O)N[C@@H](C2CCCCC2)C(=O)N[C@@H]([C@@H](C)CC)C(=O)O[C@H]1C)[C@@H](C)CC. The summed E-state index contributed by atoms with van der Waals surface area (Å²) in [5.41, 5.74) is 17.7. The number of guanidine groups is 1. The molecule has 18 N–H and O–H groups in total. The Bertz CT molecular complexity index is 2690. The fraction of sp³-hybridized carbons (Fsp3) is 0.703. The number of hydrogen-bond acceptors (Lipinski definition) is 16. The Morgan fingerprint density at radius 3 is 1.62 bits per heavy atom. The first kappa shape index (κ1) is 79.3. The highest BCUT2D eigenvalue weighted by Crippen LogP contribution is 2.28. The van der Waals surface area contributed by atoms with Gasteiger partial charge in [0.1, 0.15) is 66.5 Å². The maximum absolute atomic E-state index is 14.6. The molecule has 0 radical (unpaired) electrons. The quantitative estimate of drug-likeness (QED) is 0.0169. The van der Waals surface area contributed by atoms with E-state index in [4.69, 9.17) is 21.9 Å². The van der Waals surface area contributed by atoms with Crippen molar-refractivity contribution in [3.8, 4) is 0 Å². The Balaban J connectivity index is 1.91. The number of benzene rings is 1. The highest BCUT2D eigenvalue weighted by atomic mass is 16.5. The number of ether oxygens (including phenoxy) is 1. The fourth-order valence-corrected chi connectivity index (χ4v) is 10.9. The van der Waals surface area contributed by atoms with Crippen LogP contribution in [-0.4, -0.2) is 175 Å². The van der Waals surface area contributed by atoms with Crippen LogP contribution in [0.15, 0.2) is 35.3 Å². The number of aliphatic hydroxyl groups excluding tert-OH is 1. The molecule has 0 bridgehead atoms. The molecule has 1 aliphatic carbocycles. The minimum Gasteiger partial charge on any atom is -0.458 e. The van der Waals surface area contributed by atoms with Crippen LogP contribution in [0.2, 0.25) is 0 Å². The van der Waals surface area contributed by atoms with E-state index in [2.05, 4.69) is 63.5 Å². The lowest BCUT2D eigenvalue weighted by atomic mass is 9.83. The number of primary amides is 1. The summed E-state index contributed by atoms with van der Waals surface area (Å²) in [7, 11) is 1.64. The average molecular weight is 1310 g/mol. The number of rotatable bonds is 35. The number of aliphatic hydroxyl groups is 1. The summed E-state index contributed by atoms with van der Waals surface area (Å²) in [4.78, 5) is 172. The van der Waals surface area contributed by atoms with Gasteiger partial charge in [0.25, 0.3) is 0 Å². The summed E-state index contributed by atoms with van der Waals surface area (Å²) >= 11 is 0. The maximum Gasteiger partial charge on any atom is 0.329 e. The molecule has 0 spiro atoms. The van der Waals surface area contributed by atoms with E-state index >= 15 is 0 Å². The summed E-state index contributed by atoms with van der Waals surface area (Å²) in [5.74, 6) is -12.6. The maximum atomic E-state index is 14.6. The van der Waals surface area contributed by atoms with Crippen molar-refractivity contribution in [1.29, 1.82) is 0 Å². The largest absolute Gasteiger partial charge is 0.458 e. The molecule has 0 aromatic heterocycles. The van der Waals surface area contributed by atoms with Gasteiger partial charge in [0, 0.05) is 13.0 Å². The molecule has 1 aromatic rings. The first-order valence-electron chi connectivity index (χ1n) is 33.0. The molecule has 0 unspecified atom stereocenters. The van der Waals surface area contributed by atoms with Crippen molar-refractivity contribution in [3.63, 3.8) is 0 Å². The molecule has 1 saturated heterocycles. The predicted molar refractivity (Wildman–Crippen MR) is 348 cm³/mol. The van der Waals surface area contributed by atoms with E-state index in [0.717, 1.165) is 24.8 Å². The number of aryl methyl sites for hydroxylation is 1. The van der Waals surface area contributed by atoms with Gasteiger partial charge in [-0.15, -0.1) is 0 Å². The molecule has 29 heteroatoms. The minimum absolute atomic E-state index is 0.0434. The average Bonchev–Trinajstić information content (AvgIpc) is 1.89. The molecule has 1 saturated carbocycles. The Morgan fingerprint density at radius 2 is 1.11 bits per heavy atom. The zero-order valence-electron chi connectivity index (χ0n) is 56.2. The number of esters is 1. The van der Waals surface area contributed by atoms with E-state index < -0.39 is 180 Å². The van der Waals surface area contributed by atoms with Gasteiger partial charge in [-0.05, 0) is 101 Å². The van der Waals surface area contributed by atoms with Gasteiger partial charge in [-0.3, -0.25) is 57.7 Å². The Hall–Kier alpha value is -7.95. The van der Waals surface area contributed by atoms with E-state index in [1.54, 1.807) is 55.5 Å². The second-order valence-corrected chi connectivity index (χ2v) is 24.9. The fourth-order valence-electron chi connectivity index (χ4n) is 10.9. The van der Waals surface area contributed by atoms with Crippen LogP contribution < -0.4 is 75.7 Å². The monoisotopic (exact) mass is 1310 g/mol. The second kappa shape index (κ2) is 40.2. The number of nitrogens with one attached hydrogen (secondary N) is 11. The lowest BCUT2D eigenvalue weighted by molar-refractivity contribution is -0.157. The molecule has 29 nitrogen and oxygen atoms in total. The van der Waals surface area contributed by atoms with Crippen LogP contribution in [0.1, 0.15) is 165 Å². The van der Waals surface area contributed by atoms with Gasteiger partial charge in [0.05, 0.1) is 12.6 Å². The third-order valence-electron chi connectivity index (χ3n) is 17.9. The van der Waals surface area contributed by atoms with E-state index in [1.807, 2.05) is 37.3 Å². The molecule has 93 heavy (non-hydrogen) atoms. The van der Waals surface area contributed by atoms with Gasteiger partial charge in [-0.1, -0.05) is 131 Å². The molecule has 2 fully saturated rings. The molecule has 2 aliphatic rings. The number of amides is 11. The number of hydrogen-bond donors (Lipinski definition) is 15. The third-order valence-corrected chi connectivity index (χ3v) is 17.9. The second-order valence-electron chi connectivity index (χ2n) is 24.9. The van der Waals surface area contributed by atoms with Crippen LogP contribution in [0.4, 0.5) is 0 Å². The standard InChI is InChI=1S/C64H107N15O14/c1-12-34(5)47(74-54(83)42(68-11)29-28-40-23-18-16-19-24-40)58(87)72-43(27-22-32-69-64(66)67)55(84)71-44(30-31-46(65)81)56(85)75-49(36(7)14-3)60(89)76-48(35(6)13-2)59(88)73-45(33-80)57(86)78-51-39(10)93-63(92)50(37(8)15-4)77-62(91)52(41-25-20-17-21-26-41)79-53(82)38(9)70-61(51)90/h16,18-19,23-24,34-39,41-45,47-52,68,80H,12-15,17,20-22,25-33H2,1-11H3,(H2,65,81)(H,70,90)(H,71,84)(H,72,87)(H,73,88)(H,74,83)(H,75,85)(H,76,89)(H,77,91)(H,78,86)(H,79,82)(H4,66,67,69)/t34-,35-,36+,37-,38-,39-,42+,43-,44+,45-,47-,48-,49+,50-,51+,52-/m0/s1. The van der Waals surface area contributed by atoms with E-state index in [-0.39, 0.29) is 50.5 Å². The topological polar surface area (TPSA) is 457 Å². The first-order chi connectivity index (χ1) is 44.0. The summed E-state index contributed by atoms with van der Waals surface area (Å²) in [6.45, 7) is 15.5. The van der Waals surface area contributed by atoms with Crippen LogP contribution in [0.25, 0.3) is 0 Å². The van der Waals surface area contributed by atoms with Crippen molar-refractivity contribution < 1.29 is 67.4 Å². The molecular weight excluding hydrogens is 1200 g/mol. The van der Waals surface area contributed by atoms with Gasteiger partial charge in [-0.2, -0.15) is 0 Å². The van der Waals surface area contributed by atoms with Gasteiger partial charge >= 0.3 is 5.97 Å². The molecular formula is C64H107N15O14. The van der Waals surface area contributed by atoms with Crippen molar-refractivity contribution >= 4 is 76.9 Å². The summed E-state index contributed by atoms with van der Waals surface area (Å²) < 4.78 is 5.79.